The van der Waals surface area contributed by atoms with Gasteiger partial charge < -0.3 is 10.7 Å². The van der Waals surface area contributed by atoms with Gasteiger partial charge in [0.2, 0.25) is 0 Å². The summed E-state index contributed by atoms with van der Waals surface area (Å²) in [6, 6.07) is 6.58. The molecule has 0 saturated carbocycles. The SMILES string of the molecule is Nc1cccc(Cl)c1C(=O)c1c[nH]c2nccc(Cl)c12. The first kappa shape index (κ1) is 13.0. The number of carbonyl (C=O) groups is 1. The van der Waals surface area contributed by atoms with Crippen molar-refractivity contribution in [2.24, 2.45) is 0 Å². The monoisotopic (exact) mass is 305 g/mol. The number of H-pyrrole nitrogens is 1. The van der Waals surface area contributed by atoms with Gasteiger partial charge in [-0.3, -0.25) is 4.79 Å². The number of ketones is 1. The maximum Gasteiger partial charge on any atom is 0.198 e. The fourth-order valence-corrected chi connectivity index (χ4v) is 2.63. The van der Waals surface area contributed by atoms with E-state index in [2.05, 4.69) is 9.97 Å². The Balaban J connectivity index is 2.24. The minimum absolute atomic E-state index is 0.273. The fraction of sp³-hybridized carbons (Fsp3) is 0. The maximum atomic E-state index is 12.6. The van der Waals surface area contributed by atoms with Crippen LogP contribution in [0.15, 0.2) is 36.7 Å². The Morgan fingerprint density at radius 3 is 2.75 bits per heavy atom. The molecule has 20 heavy (non-hydrogen) atoms. The van der Waals surface area contributed by atoms with Crippen LogP contribution in [0.3, 0.4) is 0 Å². The van der Waals surface area contributed by atoms with E-state index in [9.17, 15) is 4.79 Å². The smallest absolute Gasteiger partial charge is 0.198 e. The predicted molar refractivity (Wildman–Crippen MR) is 80.4 cm³/mol. The van der Waals surface area contributed by atoms with E-state index in [1.807, 2.05) is 0 Å². The zero-order chi connectivity index (χ0) is 14.3. The number of hydrogen-bond donors (Lipinski definition) is 2. The van der Waals surface area contributed by atoms with E-state index < -0.39 is 0 Å². The minimum Gasteiger partial charge on any atom is -0.398 e. The Labute approximate surface area is 124 Å². The number of nitrogens with one attached hydrogen (secondary N) is 1. The molecule has 0 radical (unpaired) electrons. The molecule has 1 aromatic carbocycles. The van der Waals surface area contributed by atoms with Crippen LogP contribution in [-0.4, -0.2) is 15.8 Å². The van der Waals surface area contributed by atoms with Crippen molar-refractivity contribution < 1.29 is 4.79 Å². The van der Waals surface area contributed by atoms with Crippen molar-refractivity contribution in [2.45, 2.75) is 0 Å². The van der Waals surface area contributed by atoms with Gasteiger partial charge >= 0.3 is 0 Å². The lowest BCUT2D eigenvalue weighted by Crippen LogP contribution is -2.05. The molecule has 0 aliphatic carbocycles. The number of benzene rings is 1. The number of rotatable bonds is 2. The lowest BCUT2D eigenvalue weighted by Gasteiger charge is -2.06. The van der Waals surface area contributed by atoms with Gasteiger partial charge in [0.1, 0.15) is 5.65 Å². The van der Waals surface area contributed by atoms with E-state index >= 15 is 0 Å². The third-order valence-electron chi connectivity index (χ3n) is 3.04. The molecule has 0 aliphatic rings. The van der Waals surface area contributed by atoms with Crippen molar-refractivity contribution in [3.05, 3.63) is 57.8 Å². The molecule has 0 aliphatic heterocycles. The van der Waals surface area contributed by atoms with Crippen LogP contribution >= 0.6 is 23.2 Å². The van der Waals surface area contributed by atoms with Crippen molar-refractivity contribution in [1.29, 1.82) is 0 Å². The number of nitrogens with zero attached hydrogens (tertiary/aromatic N) is 1. The summed E-state index contributed by atoms with van der Waals surface area (Å²) in [5.41, 5.74) is 7.40. The highest BCUT2D eigenvalue weighted by Gasteiger charge is 2.21. The van der Waals surface area contributed by atoms with Crippen LogP contribution < -0.4 is 5.73 Å². The summed E-state index contributed by atoms with van der Waals surface area (Å²) in [7, 11) is 0. The molecule has 0 unspecified atom stereocenters. The second-order valence-electron chi connectivity index (χ2n) is 4.25. The molecule has 100 valence electrons. The van der Waals surface area contributed by atoms with E-state index in [1.165, 1.54) is 0 Å². The van der Waals surface area contributed by atoms with Crippen LogP contribution in [0.4, 0.5) is 5.69 Å². The molecule has 6 heteroatoms. The quantitative estimate of drug-likeness (QED) is 0.560. The molecule has 2 aromatic heterocycles. The molecular formula is C14H9Cl2N3O. The first-order valence-corrected chi connectivity index (χ1v) is 6.55. The first-order chi connectivity index (χ1) is 9.59. The minimum atomic E-state index is -0.283. The van der Waals surface area contributed by atoms with Crippen LogP contribution in [0.25, 0.3) is 11.0 Å². The maximum absolute atomic E-state index is 12.6. The molecule has 3 rings (SSSR count). The van der Waals surface area contributed by atoms with Crippen molar-refractivity contribution in [3.63, 3.8) is 0 Å². The van der Waals surface area contributed by atoms with E-state index in [0.717, 1.165) is 0 Å². The number of hydrogen-bond acceptors (Lipinski definition) is 3. The standard InChI is InChI=1S/C14H9Cl2N3O/c15-8-2-1-3-10(17)12(8)13(20)7-6-19-14-11(7)9(16)4-5-18-14/h1-6H,17H2,(H,18,19). The summed E-state index contributed by atoms with van der Waals surface area (Å²) in [5, 5.41) is 1.33. The number of pyridine rings is 1. The van der Waals surface area contributed by atoms with Crippen molar-refractivity contribution in [3.8, 4) is 0 Å². The molecular weight excluding hydrogens is 297 g/mol. The Bertz CT molecular complexity index is 806. The van der Waals surface area contributed by atoms with Crippen LogP contribution in [-0.2, 0) is 0 Å². The number of anilines is 1. The number of aromatic amines is 1. The molecule has 0 saturated heterocycles. The van der Waals surface area contributed by atoms with Gasteiger partial charge in [-0.25, -0.2) is 4.98 Å². The zero-order valence-corrected chi connectivity index (χ0v) is 11.7. The molecule has 0 amide bonds. The number of nitrogens with two attached hydrogens (primary N) is 1. The lowest BCUT2D eigenvalue weighted by atomic mass is 10.0. The zero-order valence-electron chi connectivity index (χ0n) is 10.2. The summed E-state index contributed by atoms with van der Waals surface area (Å²) < 4.78 is 0. The fourth-order valence-electron chi connectivity index (χ4n) is 2.11. The summed E-state index contributed by atoms with van der Waals surface area (Å²) in [6.45, 7) is 0. The summed E-state index contributed by atoms with van der Waals surface area (Å²) in [5.74, 6) is -0.283. The summed E-state index contributed by atoms with van der Waals surface area (Å²) in [6.07, 6.45) is 3.13. The molecule has 2 heterocycles. The number of halogens is 2. The van der Waals surface area contributed by atoms with Gasteiger partial charge in [-0.1, -0.05) is 29.3 Å². The third kappa shape index (κ3) is 1.94. The Kier molecular flexibility index (Phi) is 3.12. The highest BCUT2D eigenvalue weighted by Crippen LogP contribution is 2.30. The highest BCUT2D eigenvalue weighted by atomic mass is 35.5. The third-order valence-corrected chi connectivity index (χ3v) is 3.67. The largest absolute Gasteiger partial charge is 0.398 e. The molecule has 0 atom stereocenters. The Morgan fingerprint density at radius 1 is 1.20 bits per heavy atom. The normalized spacial score (nSPS) is 10.9. The van der Waals surface area contributed by atoms with Crippen molar-refractivity contribution in [2.75, 3.05) is 5.73 Å². The van der Waals surface area contributed by atoms with Crippen LogP contribution in [0.5, 0.6) is 0 Å². The van der Waals surface area contributed by atoms with Crippen molar-refractivity contribution >= 4 is 45.7 Å². The van der Waals surface area contributed by atoms with E-state index in [-0.39, 0.29) is 11.3 Å². The van der Waals surface area contributed by atoms with Crippen LogP contribution in [0.1, 0.15) is 15.9 Å². The molecule has 0 spiro atoms. The highest BCUT2D eigenvalue weighted by molar-refractivity contribution is 6.39. The van der Waals surface area contributed by atoms with Gasteiger partial charge in [0.15, 0.2) is 5.78 Å². The van der Waals surface area contributed by atoms with Gasteiger partial charge in [-0.2, -0.15) is 0 Å². The Morgan fingerprint density at radius 2 is 2.00 bits per heavy atom. The van der Waals surface area contributed by atoms with E-state index in [1.54, 1.807) is 36.7 Å². The molecule has 4 nitrogen and oxygen atoms in total. The van der Waals surface area contributed by atoms with Crippen molar-refractivity contribution in [1.82, 2.24) is 9.97 Å². The topological polar surface area (TPSA) is 71.8 Å². The second-order valence-corrected chi connectivity index (χ2v) is 5.07. The lowest BCUT2D eigenvalue weighted by molar-refractivity contribution is 0.104. The number of aromatic nitrogens is 2. The van der Waals surface area contributed by atoms with Gasteiger partial charge in [-0.15, -0.1) is 0 Å². The van der Waals surface area contributed by atoms with Crippen LogP contribution in [0.2, 0.25) is 10.0 Å². The Hall–Kier alpha value is -2.04. The average Bonchev–Trinajstić information content (AvgIpc) is 2.83. The van der Waals surface area contributed by atoms with Gasteiger partial charge in [0.05, 0.1) is 21.2 Å². The molecule has 0 bridgehead atoms. The van der Waals surface area contributed by atoms with Gasteiger partial charge in [0, 0.05) is 23.5 Å². The molecule has 3 N–H and O–H groups in total. The molecule has 3 aromatic rings. The average molecular weight is 306 g/mol. The first-order valence-electron chi connectivity index (χ1n) is 5.80. The summed E-state index contributed by atoms with van der Waals surface area (Å²) in [4.78, 5) is 19.7. The molecule has 0 fully saturated rings. The number of carbonyl (C=O) groups excluding carboxylic acids is 1. The van der Waals surface area contributed by atoms with Crippen LogP contribution in [0, 0.1) is 0 Å². The van der Waals surface area contributed by atoms with E-state index in [4.69, 9.17) is 28.9 Å². The van der Waals surface area contributed by atoms with Gasteiger partial charge in [-0.05, 0) is 18.2 Å². The predicted octanol–water partition coefficient (Wildman–Crippen LogP) is 3.68. The van der Waals surface area contributed by atoms with Gasteiger partial charge in [0.25, 0.3) is 0 Å². The van der Waals surface area contributed by atoms with E-state index in [0.29, 0.717) is 32.3 Å². The second kappa shape index (κ2) is 4.81. The summed E-state index contributed by atoms with van der Waals surface area (Å²) >= 11 is 12.2. The number of nitrogen functional groups attached to an aromatic ring is 1. The number of fused-ring (bicyclic) bond motifs is 1.